The molecule has 0 bridgehead atoms. The Balaban J connectivity index is 2.20. The van der Waals surface area contributed by atoms with Gasteiger partial charge in [0.25, 0.3) is 0 Å². The van der Waals surface area contributed by atoms with Gasteiger partial charge >= 0.3 is 0 Å². The van der Waals surface area contributed by atoms with E-state index in [0.29, 0.717) is 0 Å². The summed E-state index contributed by atoms with van der Waals surface area (Å²) in [6, 6.07) is 6.00. The molecule has 0 unspecified atom stereocenters. The Morgan fingerprint density at radius 3 is 2.89 bits per heavy atom. The van der Waals surface area contributed by atoms with Crippen molar-refractivity contribution in [3.05, 3.63) is 35.7 Å². The van der Waals surface area contributed by atoms with E-state index >= 15 is 0 Å². The molecule has 0 atom stereocenters. The lowest BCUT2D eigenvalue weighted by Gasteiger charge is -2.08. The Kier molecular flexibility index (Phi) is 4.52. The third-order valence-corrected chi connectivity index (χ3v) is 3.01. The minimum Gasteiger partial charge on any atom is -0.494 e. The largest absolute Gasteiger partial charge is 0.494 e. The molecule has 1 aromatic heterocycles. The van der Waals surface area contributed by atoms with Gasteiger partial charge in [0.15, 0.2) is 0 Å². The van der Waals surface area contributed by atoms with Crippen molar-refractivity contribution in [2.45, 2.75) is 26.2 Å². The van der Waals surface area contributed by atoms with Crippen LogP contribution in [0.4, 0.5) is 0 Å². The van der Waals surface area contributed by atoms with Crippen LogP contribution in [0.15, 0.2) is 24.4 Å². The van der Waals surface area contributed by atoms with E-state index in [1.807, 2.05) is 31.3 Å². The van der Waals surface area contributed by atoms with E-state index in [1.54, 1.807) is 11.8 Å². The number of hydrogen-bond donors (Lipinski definition) is 1. The van der Waals surface area contributed by atoms with Gasteiger partial charge in [-0.3, -0.25) is 0 Å². The predicted octanol–water partition coefficient (Wildman–Crippen LogP) is 1.87. The highest BCUT2D eigenvalue weighted by Crippen LogP contribution is 2.23. The number of nitrogens with zero attached hydrogens (tertiary/aromatic N) is 3. The monoisotopic (exact) mass is 260 g/mol. The number of hydrogen-bond acceptors (Lipinski definition) is 4. The topological polar surface area (TPSA) is 66.0 Å². The third-order valence-electron chi connectivity index (χ3n) is 3.01. The van der Waals surface area contributed by atoms with Crippen molar-refractivity contribution in [3.63, 3.8) is 0 Å². The van der Waals surface area contributed by atoms with Crippen LogP contribution in [-0.4, -0.2) is 28.6 Å². The van der Waals surface area contributed by atoms with Gasteiger partial charge in [-0.15, -0.1) is 5.10 Å². The highest BCUT2D eigenvalue weighted by atomic mass is 16.5. The fourth-order valence-corrected chi connectivity index (χ4v) is 1.96. The molecule has 0 aliphatic heterocycles. The van der Waals surface area contributed by atoms with Crippen molar-refractivity contribution in [1.29, 1.82) is 0 Å². The third kappa shape index (κ3) is 3.32. The molecule has 0 saturated carbocycles. The first-order valence-electron chi connectivity index (χ1n) is 6.51. The van der Waals surface area contributed by atoms with Crippen LogP contribution in [-0.2, 0) is 6.42 Å². The fraction of sp³-hybridized carbons (Fsp3) is 0.429. The van der Waals surface area contributed by atoms with Crippen LogP contribution >= 0.6 is 0 Å². The van der Waals surface area contributed by atoms with E-state index in [1.165, 1.54) is 0 Å². The maximum atomic E-state index is 5.49. The Bertz CT molecular complexity index is 536. The van der Waals surface area contributed by atoms with E-state index in [2.05, 4.69) is 10.3 Å². The minimum absolute atomic E-state index is 0.722. The molecule has 5 heteroatoms. The first kappa shape index (κ1) is 13.5. The maximum absolute atomic E-state index is 5.49. The summed E-state index contributed by atoms with van der Waals surface area (Å²) in [5.41, 5.74) is 8.55. The maximum Gasteiger partial charge on any atom is 0.144 e. The van der Waals surface area contributed by atoms with Gasteiger partial charge in [0.1, 0.15) is 11.4 Å². The van der Waals surface area contributed by atoms with Crippen LogP contribution < -0.4 is 10.5 Å². The zero-order valence-electron chi connectivity index (χ0n) is 11.5. The summed E-state index contributed by atoms with van der Waals surface area (Å²) in [6.07, 6.45) is 4.92. The highest BCUT2D eigenvalue weighted by Gasteiger charge is 2.08. The normalized spacial score (nSPS) is 10.7. The first-order chi connectivity index (χ1) is 9.24. The Labute approximate surface area is 113 Å². The second kappa shape index (κ2) is 6.33. The molecular formula is C14H20N4O. The average molecular weight is 260 g/mol. The summed E-state index contributed by atoms with van der Waals surface area (Å²) in [6.45, 7) is 2.77. The second-order valence-corrected chi connectivity index (χ2v) is 4.58. The quantitative estimate of drug-likeness (QED) is 0.805. The van der Waals surface area contributed by atoms with Crippen molar-refractivity contribution in [2.75, 3.05) is 13.7 Å². The van der Waals surface area contributed by atoms with Crippen LogP contribution in [0, 0.1) is 6.92 Å². The number of aromatic nitrogens is 3. The number of methoxy groups -OCH3 is 1. The molecule has 2 N–H and O–H groups in total. The van der Waals surface area contributed by atoms with Crippen LogP contribution in [0.5, 0.6) is 5.75 Å². The summed E-state index contributed by atoms with van der Waals surface area (Å²) < 4.78 is 7.12. The molecule has 5 nitrogen and oxygen atoms in total. The molecule has 0 radical (unpaired) electrons. The fourth-order valence-electron chi connectivity index (χ4n) is 1.96. The number of benzene rings is 1. The standard InChI is InChI=1S/C14H20N4O/c1-11-6-7-14(19-2)13(9-11)18-10-12(16-17-18)5-3-4-8-15/h6-7,9-10H,3-5,8,15H2,1-2H3. The summed E-state index contributed by atoms with van der Waals surface area (Å²) >= 11 is 0. The molecule has 0 fully saturated rings. The smallest absolute Gasteiger partial charge is 0.144 e. The summed E-state index contributed by atoms with van der Waals surface area (Å²) in [5.74, 6) is 0.795. The van der Waals surface area contributed by atoms with Gasteiger partial charge < -0.3 is 10.5 Å². The van der Waals surface area contributed by atoms with Crippen molar-refractivity contribution in [2.24, 2.45) is 5.73 Å². The van der Waals surface area contributed by atoms with Crippen molar-refractivity contribution in [1.82, 2.24) is 15.0 Å². The Hall–Kier alpha value is -1.88. The van der Waals surface area contributed by atoms with Gasteiger partial charge in [0.05, 0.1) is 19.0 Å². The molecule has 1 aromatic carbocycles. The van der Waals surface area contributed by atoms with Crippen LogP contribution in [0.25, 0.3) is 5.69 Å². The molecule has 2 aromatic rings. The van der Waals surface area contributed by atoms with Gasteiger partial charge in [-0.2, -0.15) is 0 Å². The number of unbranched alkanes of at least 4 members (excludes halogenated alkanes) is 1. The number of ether oxygens (including phenoxy) is 1. The molecule has 1 heterocycles. The van der Waals surface area contributed by atoms with Gasteiger partial charge in [-0.1, -0.05) is 11.3 Å². The van der Waals surface area contributed by atoms with Gasteiger partial charge in [0.2, 0.25) is 0 Å². The van der Waals surface area contributed by atoms with Crippen molar-refractivity contribution < 1.29 is 4.74 Å². The summed E-state index contributed by atoms with van der Waals surface area (Å²) in [7, 11) is 1.66. The van der Waals surface area contributed by atoms with E-state index in [4.69, 9.17) is 10.5 Å². The summed E-state index contributed by atoms with van der Waals surface area (Å²) in [4.78, 5) is 0. The minimum atomic E-state index is 0.722. The van der Waals surface area contributed by atoms with E-state index in [0.717, 1.165) is 48.5 Å². The van der Waals surface area contributed by atoms with Crippen molar-refractivity contribution >= 4 is 0 Å². The molecule has 0 aliphatic rings. The zero-order valence-corrected chi connectivity index (χ0v) is 11.5. The van der Waals surface area contributed by atoms with E-state index in [9.17, 15) is 0 Å². The van der Waals surface area contributed by atoms with E-state index in [-0.39, 0.29) is 0 Å². The van der Waals surface area contributed by atoms with Gasteiger partial charge in [0, 0.05) is 0 Å². The Morgan fingerprint density at radius 2 is 2.16 bits per heavy atom. The van der Waals surface area contributed by atoms with Crippen LogP contribution in [0.3, 0.4) is 0 Å². The molecule has 0 aliphatic carbocycles. The lowest BCUT2D eigenvalue weighted by Crippen LogP contribution is -1.99. The SMILES string of the molecule is COc1ccc(C)cc1-n1cc(CCCCN)nn1. The Morgan fingerprint density at radius 1 is 1.32 bits per heavy atom. The zero-order chi connectivity index (χ0) is 13.7. The first-order valence-corrected chi connectivity index (χ1v) is 6.51. The molecule has 2 rings (SSSR count). The molecular weight excluding hydrogens is 240 g/mol. The average Bonchev–Trinajstić information content (AvgIpc) is 2.88. The van der Waals surface area contributed by atoms with Gasteiger partial charge in [-0.05, 0) is 50.4 Å². The van der Waals surface area contributed by atoms with E-state index < -0.39 is 0 Å². The number of nitrogens with two attached hydrogens (primary N) is 1. The molecule has 102 valence electrons. The number of rotatable bonds is 6. The second-order valence-electron chi connectivity index (χ2n) is 4.58. The lowest BCUT2D eigenvalue weighted by atomic mass is 10.2. The highest BCUT2D eigenvalue weighted by molar-refractivity contribution is 5.48. The number of aryl methyl sites for hydroxylation is 2. The van der Waals surface area contributed by atoms with Crippen LogP contribution in [0.2, 0.25) is 0 Å². The summed E-state index contributed by atoms with van der Waals surface area (Å²) in [5, 5.41) is 8.36. The lowest BCUT2D eigenvalue weighted by molar-refractivity contribution is 0.411. The van der Waals surface area contributed by atoms with Crippen LogP contribution in [0.1, 0.15) is 24.1 Å². The molecule has 19 heavy (non-hydrogen) atoms. The van der Waals surface area contributed by atoms with Gasteiger partial charge in [-0.25, -0.2) is 4.68 Å². The predicted molar refractivity (Wildman–Crippen MR) is 74.6 cm³/mol. The molecule has 0 spiro atoms. The molecule has 0 saturated heterocycles. The molecule has 0 amide bonds. The van der Waals surface area contributed by atoms with Crippen molar-refractivity contribution in [3.8, 4) is 11.4 Å².